The second-order valence-electron chi connectivity index (χ2n) is 3.66. The number of esters is 2. The molecule has 2 heterocycles. The second kappa shape index (κ2) is 4.38. The van der Waals surface area contributed by atoms with Crippen molar-refractivity contribution in [2.75, 3.05) is 6.61 Å². The second-order valence-corrected chi connectivity index (χ2v) is 3.66. The van der Waals surface area contributed by atoms with Gasteiger partial charge in [-0.15, -0.1) is 0 Å². The molecule has 1 aromatic heterocycles. The first kappa shape index (κ1) is 10.7. The third-order valence-electron chi connectivity index (χ3n) is 2.30. The van der Waals surface area contributed by atoms with E-state index in [0.29, 0.717) is 19.4 Å². The standard InChI is InChI=1S/C11H12O5/c1-7-3-2-6-14-10(12)8-4-5-9(16-8)11(13)15-7/h4-5,7H,2-3,6H2,1H3. The van der Waals surface area contributed by atoms with E-state index in [2.05, 4.69) is 0 Å². The van der Waals surface area contributed by atoms with E-state index in [9.17, 15) is 9.59 Å². The topological polar surface area (TPSA) is 65.7 Å². The van der Waals surface area contributed by atoms with Gasteiger partial charge in [-0.1, -0.05) is 0 Å². The van der Waals surface area contributed by atoms with Crippen LogP contribution in [0.5, 0.6) is 0 Å². The summed E-state index contributed by atoms with van der Waals surface area (Å²) in [7, 11) is 0. The highest BCUT2D eigenvalue weighted by Gasteiger charge is 2.20. The molecular weight excluding hydrogens is 212 g/mol. The van der Waals surface area contributed by atoms with Crippen LogP contribution in [-0.2, 0) is 9.47 Å². The average molecular weight is 224 g/mol. The Kier molecular flexibility index (Phi) is 2.94. The van der Waals surface area contributed by atoms with Crippen LogP contribution >= 0.6 is 0 Å². The third-order valence-corrected chi connectivity index (χ3v) is 2.30. The minimum Gasteiger partial charge on any atom is -0.460 e. The zero-order chi connectivity index (χ0) is 11.5. The van der Waals surface area contributed by atoms with Gasteiger partial charge in [-0.25, -0.2) is 9.59 Å². The van der Waals surface area contributed by atoms with Crippen molar-refractivity contribution < 1.29 is 23.5 Å². The van der Waals surface area contributed by atoms with Crippen LogP contribution < -0.4 is 0 Å². The molecule has 0 aromatic carbocycles. The lowest BCUT2D eigenvalue weighted by atomic mass is 10.2. The number of carbonyl (C=O) groups excluding carboxylic acids is 2. The van der Waals surface area contributed by atoms with Gasteiger partial charge >= 0.3 is 11.9 Å². The quantitative estimate of drug-likeness (QED) is 0.628. The summed E-state index contributed by atoms with van der Waals surface area (Å²) in [5, 5.41) is 0. The van der Waals surface area contributed by atoms with Crippen molar-refractivity contribution in [3.8, 4) is 0 Å². The number of furan rings is 1. The van der Waals surface area contributed by atoms with Crippen molar-refractivity contribution in [1.29, 1.82) is 0 Å². The molecule has 1 aliphatic heterocycles. The summed E-state index contributed by atoms with van der Waals surface area (Å²) < 4.78 is 15.1. The maximum atomic E-state index is 11.5. The van der Waals surface area contributed by atoms with E-state index >= 15 is 0 Å². The Morgan fingerprint density at radius 3 is 2.62 bits per heavy atom. The molecule has 86 valence electrons. The molecule has 0 aliphatic carbocycles. The van der Waals surface area contributed by atoms with E-state index in [0.717, 1.165) is 0 Å². The van der Waals surface area contributed by atoms with E-state index in [-0.39, 0.29) is 17.6 Å². The molecule has 0 fully saturated rings. The van der Waals surface area contributed by atoms with Gasteiger partial charge < -0.3 is 13.9 Å². The Labute approximate surface area is 92.3 Å². The van der Waals surface area contributed by atoms with Crippen LogP contribution in [0.3, 0.4) is 0 Å². The summed E-state index contributed by atoms with van der Waals surface area (Å²) in [6.07, 6.45) is 1.11. The summed E-state index contributed by atoms with van der Waals surface area (Å²) in [6, 6.07) is 2.82. The van der Waals surface area contributed by atoms with Gasteiger partial charge in [0.05, 0.1) is 12.7 Å². The first-order valence-electron chi connectivity index (χ1n) is 5.15. The highest BCUT2D eigenvalue weighted by atomic mass is 16.6. The molecule has 2 rings (SSSR count). The maximum Gasteiger partial charge on any atom is 0.374 e. The SMILES string of the molecule is CC1CCCOC(=O)c2ccc(o2)C(=O)O1. The number of hydrogen-bond acceptors (Lipinski definition) is 5. The Morgan fingerprint density at radius 2 is 1.88 bits per heavy atom. The molecule has 16 heavy (non-hydrogen) atoms. The van der Waals surface area contributed by atoms with Crippen LogP contribution in [0.4, 0.5) is 0 Å². The lowest BCUT2D eigenvalue weighted by molar-refractivity contribution is 0.0271. The van der Waals surface area contributed by atoms with E-state index in [1.54, 1.807) is 6.92 Å². The number of carbonyl (C=O) groups is 2. The van der Waals surface area contributed by atoms with Gasteiger partial charge in [0.2, 0.25) is 11.5 Å². The minimum atomic E-state index is -0.548. The first-order valence-corrected chi connectivity index (χ1v) is 5.15. The highest BCUT2D eigenvalue weighted by Crippen LogP contribution is 2.14. The number of fused-ring (bicyclic) bond motifs is 2. The summed E-state index contributed by atoms with van der Waals surface area (Å²) in [5.74, 6) is -1.04. The van der Waals surface area contributed by atoms with Gasteiger partial charge in [-0.05, 0) is 31.9 Å². The third kappa shape index (κ3) is 2.24. The van der Waals surface area contributed by atoms with Crippen LogP contribution in [0.15, 0.2) is 16.5 Å². The van der Waals surface area contributed by atoms with Crippen LogP contribution in [0.2, 0.25) is 0 Å². The van der Waals surface area contributed by atoms with Gasteiger partial charge in [-0.3, -0.25) is 0 Å². The number of ether oxygens (including phenoxy) is 2. The lowest BCUT2D eigenvalue weighted by Gasteiger charge is -2.11. The maximum absolute atomic E-state index is 11.5. The largest absolute Gasteiger partial charge is 0.460 e. The molecule has 0 saturated carbocycles. The fourth-order valence-electron chi connectivity index (χ4n) is 1.46. The first-order chi connectivity index (χ1) is 7.66. The fourth-order valence-corrected chi connectivity index (χ4v) is 1.46. The number of rotatable bonds is 0. The predicted octanol–water partition coefficient (Wildman–Crippen LogP) is 1.78. The van der Waals surface area contributed by atoms with Gasteiger partial charge in [-0.2, -0.15) is 0 Å². The highest BCUT2D eigenvalue weighted by molar-refractivity contribution is 5.90. The Morgan fingerprint density at radius 1 is 1.19 bits per heavy atom. The number of hydrogen-bond donors (Lipinski definition) is 0. The van der Waals surface area contributed by atoms with Gasteiger partial charge in [0, 0.05) is 0 Å². The molecule has 0 N–H and O–H groups in total. The van der Waals surface area contributed by atoms with Gasteiger partial charge in [0.15, 0.2) is 0 Å². The molecule has 1 aromatic rings. The van der Waals surface area contributed by atoms with Crippen LogP contribution in [-0.4, -0.2) is 24.6 Å². The molecule has 2 bridgehead atoms. The minimum absolute atomic E-state index is 0.0284. The van der Waals surface area contributed by atoms with Crippen LogP contribution in [0, 0.1) is 0 Å². The van der Waals surface area contributed by atoms with Crippen molar-refractivity contribution in [1.82, 2.24) is 0 Å². The van der Waals surface area contributed by atoms with E-state index in [4.69, 9.17) is 13.9 Å². The molecule has 0 saturated heterocycles. The van der Waals surface area contributed by atoms with Gasteiger partial charge in [0.1, 0.15) is 0 Å². The fraction of sp³-hybridized carbons (Fsp3) is 0.455. The zero-order valence-electron chi connectivity index (χ0n) is 8.89. The monoisotopic (exact) mass is 224 g/mol. The molecule has 1 atom stereocenters. The Balaban J connectivity index is 2.23. The number of cyclic esters (lactones) is 2. The van der Waals surface area contributed by atoms with Crippen molar-refractivity contribution in [2.24, 2.45) is 0 Å². The molecule has 5 nitrogen and oxygen atoms in total. The van der Waals surface area contributed by atoms with Gasteiger partial charge in [0.25, 0.3) is 0 Å². The molecular formula is C11H12O5. The molecule has 1 aliphatic rings. The normalized spacial score (nSPS) is 21.9. The average Bonchev–Trinajstić information content (AvgIpc) is 2.71. The molecule has 0 radical (unpaired) electrons. The summed E-state index contributed by atoms with van der Waals surface area (Å²) >= 11 is 0. The van der Waals surface area contributed by atoms with Crippen molar-refractivity contribution in [2.45, 2.75) is 25.9 Å². The Bertz CT molecular complexity index is 406. The molecule has 0 amide bonds. The summed E-state index contributed by atoms with van der Waals surface area (Å²) in [6.45, 7) is 2.10. The summed E-state index contributed by atoms with van der Waals surface area (Å²) in [5.41, 5.74) is 0. The molecule has 1 unspecified atom stereocenters. The predicted molar refractivity (Wildman–Crippen MR) is 53.1 cm³/mol. The zero-order valence-corrected chi connectivity index (χ0v) is 8.89. The van der Waals surface area contributed by atoms with E-state index in [1.807, 2.05) is 0 Å². The van der Waals surface area contributed by atoms with Crippen molar-refractivity contribution in [3.05, 3.63) is 23.7 Å². The van der Waals surface area contributed by atoms with Crippen LogP contribution in [0.1, 0.15) is 40.9 Å². The van der Waals surface area contributed by atoms with Crippen LogP contribution in [0.25, 0.3) is 0 Å². The lowest BCUT2D eigenvalue weighted by Crippen LogP contribution is -2.15. The van der Waals surface area contributed by atoms with Crippen molar-refractivity contribution in [3.63, 3.8) is 0 Å². The molecule has 5 heteroatoms. The van der Waals surface area contributed by atoms with E-state index in [1.165, 1.54) is 12.1 Å². The smallest absolute Gasteiger partial charge is 0.374 e. The van der Waals surface area contributed by atoms with E-state index < -0.39 is 11.9 Å². The van der Waals surface area contributed by atoms with Crippen molar-refractivity contribution >= 4 is 11.9 Å². The summed E-state index contributed by atoms with van der Waals surface area (Å²) in [4.78, 5) is 22.9. The molecule has 0 spiro atoms. The Hall–Kier alpha value is -1.78.